The maximum atomic E-state index is 5.65. The number of hydrogen-bond acceptors (Lipinski definition) is 4. The van der Waals surface area contributed by atoms with Crippen molar-refractivity contribution in [1.82, 2.24) is 14.9 Å². The number of rotatable bonds is 3. The monoisotopic (exact) mass is 326 g/mol. The fourth-order valence-corrected chi connectivity index (χ4v) is 3.34. The Balaban J connectivity index is 1.58. The SMILES string of the molecule is Cc1cc(C)nc(CC(=S)N2CCN(c3ccccn3)CC2)c1. The van der Waals surface area contributed by atoms with Gasteiger partial charge in [-0.15, -0.1) is 0 Å². The largest absolute Gasteiger partial charge is 0.362 e. The second-order valence-corrected chi connectivity index (χ2v) is 6.48. The lowest BCUT2D eigenvalue weighted by atomic mass is 10.1. The Hall–Kier alpha value is -2.01. The Bertz CT molecular complexity index is 658. The molecule has 0 amide bonds. The van der Waals surface area contributed by atoms with Gasteiger partial charge in [0.05, 0.1) is 4.99 Å². The molecule has 0 aromatic carbocycles. The number of pyridine rings is 2. The first kappa shape index (κ1) is 15.9. The molecule has 120 valence electrons. The summed E-state index contributed by atoms with van der Waals surface area (Å²) in [5, 5.41) is 0. The van der Waals surface area contributed by atoms with Gasteiger partial charge in [-0.1, -0.05) is 18.3 Å². The van der Waals surface area contributed by atoms with Gasteiger partial charge in [0.1, 0.15) is 5.82 Å². The van der Waals surface area contributed by atoms with Crippen molar-refractivity contribution in [3.05, 3.63) is 53.5 Å². The number of thiocarbonyl (C=S) groups is 1. The number of anilines is 1. The van der Waals surface area contributed by atoms with E-state index in [4.69, 9.17) is 12.2 Å². The van der Waals surface area contributed by atoms with E-state index in [2.05, 4.69) is 44.9 Å². The minimum absolute atomic E-state index is 0.751. The molecule has 0 bridgehead atoms. The van der Waals surface area contributed by atoms with Crippen molar-refractivity contribution in [2.24, 2.45) is 0 Å². The van der Waals surface area contributed by atoms with E-state index in [9.17, 15) is 0 Å². The first-order valence-corrected chi connectivity index (χ1v) is 8.40. The minimum atomic E-state index is 0.751. The van der Waals surface area contributed by atoms with Crippen molar-refractivity contribution >= 4 is 23.0 Å². The lowest BCUT2D eigenvalue weighted by Crippen LogP contribution is -2.49. The van der Waals surface area contributed by atoms with Crippen molar-refractivity contribution in [2.45, 2.75) is 20.3 Å². The lowest BCUT2D eigenvalue weighted by molar-refractivity contribution is 0.385. The van der Waals surface area contributed by atoms with Gasteiger partial charge >= 0.3 is 0 Å². The first-order chi connectivity index (χ1) is 11.1. The van der Waals surface area contributed by atoms with Crippen LogP contribution in [-0.2, 0) is 6.42 Å². The molecule has 3 heterocycles. The second-order valence-electron chi connectivity index (χ2n) is 6.01. The molecule has 4 nitrogen and oxygen atoms in total. The smallest absolute Gasteiger partial charge is 0.128 e. The van der Waals surface area contributed by atoms with Gasteiger partial charge in [-0.25, -0.2) is 4.98 Å². The van der Waals surface area contributed by atoms with E-state index < -0.39 is 0 Å². The van der Waals surface area contributed by atoms with Gasteiger partial charge < -0.3 is 9.80 Å². The summed E-state index contributed by atoms with van der Waals surface area (Å²) in [7, 11) is 0. The summed E-state index contributed by atoms with van der Waals surface area (Å²) in [6.07, 6.45) is 2.60. The van der Waals surface area contributed by atoms with Crippen LogP contribution in [0.5, 0.6) is 0 Å². The van der Waals surface area contributed by atoms with Crippen LogP contribution in [0, 0.1) is 13.8 Å². The van der Waals surface area contributed by atoms with E-state index in [-0.39, 0.29) is 0 Å². The van der Waals surface area contributed by atoms with Crippen molar-refractivity contribution in [1.29, 1.82) is 0 Å². The Morgan fingerprint density at radius 2 is 1.91 bits per heavy atom. The molecule has 0 unspecified atom stereocenters. The Kier molecular flexibility index (Phi) is 4.86. The maximum Gasteiger partial charge on any atom is 0.128 e. The summed E-state index contributed by atoms with van der Waals surface area (Å²) in [6.45, 7) is 7.94. The minimum Gasteiger partial charge on any atom is -0.362 e. The van der Waals surface area contributed by atoms with Gasteiger partial charge in [0.25, 0.3) is 0 Å². The molecular weight excluding hydrogens is 304 g/mol. The highest BCUT2D eigenvalue weighted by molar-refractivity contribution is 7.80. The van der Waals surface area contributed by atoms with Crippen LogP contribution in [0.3, 0.4) is 0 Å². The maximum absolute atomic E-state index is 5.65. The Labute approximate surface area is 143 Å². The van der Waals surface area contributed by atoms with Crippen LogP contribution >= 0.6 is 12.2 Å². The standard InChI is InChI=1S/C18H22N4S/c1-14-11-15(2)20-16(12-14)13-18(23)22-9-7-21(8-10-22)17-5-3-4-6-19-17/h3-6,11-12H,7-10,13H2,1-2H3. The lowest BCUT2D eigenvalue weighted by Gasteiger charge is -2.36. The van der Waals surface area contributed by atoms with Gasteiger partial charge in [0.2, 0.25) is 0 Å². The van der Waals surface area contributed by atoms with E-state index in [1.807, 2.05) is 25.3 Å². The zero-order chi connectivity index (χ0) is 16.2. The highest BCUT2D eigenvalue weighted by Crippen LogP contribution is 2.14. The third kappa shape index (κ3) is 4.05. The molecule has 0 atom stereocenters. The first-order valence-electron chi connectivity index (χ1n) is 8.00. The molecular formula is C18H22N4S. The summed E-state index contributed by atoms with van der Waals surface area (Å²) in [6, 6.07) is 10.3. The quantitative estimate of drug-likeness (QED) is 0.810. The molecule has 1 saturated heterocycles. The van der Waals surface area contributed by atoms with Crippen LogP contribution in [0.2, 0.25) is 0 Å². The van der Waals surface area contributed by atoms with E-state index in [1.54, 1.807) is 0 Å². The van der Waals surface area contributed by atoms with Crippen molar-refractivity contribution in [3.8, 4) is 0 Å². The molecule has 3 rings (SSSR count). The zero-order valence-electron chi connectivity index (χ0n) is 13.7. The van der Waals surface area contributed by atoms with Crippen molar-refractivity contribution < 1.29 is 0 Å². The molecule has 1 aliphatic rings. The average molecular weight is 326 g/mol. The topological polar surface area (TPSA) is 32.3 Å². The summed E-state index contributed by atoms with van der Waals surface area (Å²) < 4.78 is 0. The third-order valence-electron chi connectivity index (χ3n) is 4.09. The van der Waals surface area contributed by atoms with Crippen LogP contribution < -0.4 is 4.90 Å². The van der Waals surface area contributed by atoms with Crippen LogP contribution in [0.1, 0.15) is 17.0 Å². The molecule has 0 spiro atoms. The summed E-state index contributed by atoms with van der Waals surface area (Å²) >= 11 is 5.65. The number of aryl methyl sites for hydroxylation is 2. The molecule has 1 fully saturated rings. The Morgan fingerprint density at radius 3 is 2.57 bits per heavy atom. The predicted octanol–water partition coefficient (Wildman–Crippen LogP) is 2.79. The van der Waals surface area contributed by atoms with Crippen LogP contribution in [0.4, 0.5) is 5.82 Å². The highest BCUT2D eigenvalue weighted by atomic mass is 32.1. The number of nitrogens with zero attached hydrogens (tertiary/aromatic N) is 4. The van der Waals surface area contributed by atoms with E-state index in [1.165, 1.54) is 5.56 Å². The van der Waals surface area contributed by atoms with Crippen LogP contribution in [0.15, 0.2) is 36.5 Å². The highest BCUT2D eigenvalue weighted by Gasteiger charge is 2.20. The van der Waals surface area contributed by atoms with Gasteiger partial charge in [-0.2, -0.15) is 0 Å². The van der Waals surface area contributed by atoms with Crippen LogP contribution in [0.25, 0.3) is 0 Å². The van der Waals surface area contributed by atoms with Crippen molar-refractivity contribution in [3.63, 3.8) is 0 Å². The van der Waals surface area contributed by atoms with Crippen LogP contribution in [-0.4, -0.2) is 46.0 Å². The van der Waals surface area contributed by atoms with E-state index in [0.717, 1.165) is 54.8 Å². The van der Waals surface area contributed by atoms with Gasteiger partial charge in [-0.05, 0) is 43.7 Å². The molecule has 2 aromatic heterocycles. The van der Waals surface area contributed by atoms with E-state index in [0.29, 0.717) is 0 Å². The molecule has 2 aromatic rings. The molecule has 1 aliphatic heterocycles. The molecule has 23 heavy (non-hydrogen) atoms. The Morgan fingerprint density at radius 1 is 1.13 bits per heavy atom. The molecule has 0 N–H and O–H groups in total. The number of piperazine rings is 1. The number of hydrogen-bond donors (Lipinski definition) is 0. The molecule has 5 heteroatoms. The summed E-state index contributed by atoms with van der Waals surface area (Å²) in [5.74, 6) is 1.05. The fourth-order valence-electron chi connectivity index (χ4n) is 3.01. The average Bonchev–Trinajstić information content (AvgIpc) is 2.55. The number of aromatic nitrogens is 2. The summed E-state index contributed by atoms with van der Waals surface area (Å²) in [5.41, 5.74) is 3.37. The van der Waals surface area contributed by atoms with Gasteiger partial charge in [-0.3, -0.25) is 4.98 Å². The summed E-state index contributed by atoms with van der Waals surface area (Å²) in [4.78, 5) is 14.6. The third-order valence-corrected chi connectivity index (χ3v) is 4.49. The molecule has 0 radical (unpaired) electrons. The predicted molar refractivity (Wildman–Crippen MR) is 98.0 cm³/mol. The molecule has 0 aliphatic carbocycles. The van der Waals surface area contributed by atoms with E-state index >= 15 is 0 Å². The molecule has 0 saturated carbocycles. The fraction of sp³-hybridized carbons (Fsp3) is 0.389. The van der Waals surface area contributed by atoms with Gasteiger partial charge in [0, 0.05) is 50.2 Å². The zero-order valence-corrected chi connectivity index (χ0v) is 14.5. The normalized spacial score (nSPS) is 14.9. The van der Waals surface area contributed by atoms with Crippen molar-refractivity contribution in [2.75, 3.05) is 31.1 Å². The van der Waals surface area contributed by atoms with Gasteiger partial charge in [0.15, 0.2) is 0 Å². The second kappa shape index (κ2) is 7.04.